The number of hydrogen-bond acceptors (Lipinski definition) is 14. The number of phenolic OH excluding ortho intramolecular Hbond substituents is 2. The molecule has 0 saturated carbocycles. The monoisotopic (exact) mass is 873 g/mol. The van der Waals surface area contributed by atoms with Crippen LogP contribution in [0.4, 0.5) is 10.5 Å². The molecule has 3 aliphatic heterocycles. The Morgan fingerprint density at radius 2 is 1.55 bits per heavy atom. The number of ketones is 3. The van der Waals surface area contributed by atoms with Gasteiger partial charge in [-0.25, -0.2) is 4.79 Å². The molecule has 3 aliphatic carbocycles. The largest absolute Gasteiger partial charge is 0.507 e. The second kappa shape index (κ2) is 16.2. The maximum absolute atomic E-state index is 14.7. The lowest BCUT2D eigenvalue weighted by Gasteiger charge is -2.42. The summed E-state index contributed by atoms with van der Waals surface area (Å²) in [7, 11) is 1.56. The number of carbonyl (C=O) groups is 5. The van der Waals surface area contributed by atoms with E-state index in [-0.39, 0.29) is 58.7 Å². The van der Waals surface area contributed by atoms with E-state index in [0.29, 0.717) is 19.6 Å². The van der Waals surface area contributed by atoms with Crippen LogP contribution in [0.15, 0.2) is 66.7 Å². The summed E-state index contributed by atoms with van der Waals surface area (Å²) in [6, 6.07) is 18.2. The van der Waals surface area contributed by atoms with Crippen LogP contribution in [-0.4, -0.2) is 108 Å². The van der Waals surface area contributed by atoms with Crippen LogP contribution in [0.3, 0.4) is 0 Å². The number of ether oxygens (including phenoxy) is 6. The molecular weight excluding hydrogens is 827 g/mol. The smallest absolute Gasteiger partial charge is 0.408 e. The predicted molar refractivity (Wildman–Crippen MR) is 226 cm³/mol. The minimum Gasteiger partial charge on any atom is -0.507 e. The minimum absolute atomic E-state index is 0.0109. The van der Waals surface area contributed by atoms with Crippen molar-refractivity contribution in [3.05, 3.63) is 111 Å². The molecule has 4 aromatic rings. The summed E-state index contributed by atoms with van der Waals surface area (Å²) in [4.78, 5) is 71.1. The van der Waals surface area contributed by atoms with Crippen LogP contribution in [0.5, 0.6) is 11.5 Å². The molecule has 0 unspecified atom stereocenters. The van der Waals surface area contributed by atoms with E-state index in [9.17, 15) is 34.2 Å². The Hall–Kier alpha value is -6.01. The molecule has 16 heteroatoms. The average molecular weight is 874 g/mol. The third-order valence-corrected chi connectivity index (χ3v) is 13.5. The molecule has 3 saturated heterocycles. The maximum atomic E-state index is 14.7. The Morgan fingerprint density at radius 1 is 0.859 bits per heavy atom. The van der Waals surface area contributed by atoms with Crippen LogP contribution in [0.25, 0.3) is 11.1 Å². The van der Waals surface area contributed by atoms with Crippen LogP contribution in [0, 0.1) is 5.92 Å². The highest BCUT2D eigenvalue weighted by molar-refractivity contribution is 6.32. The summed E-state index contributed by atoms with van der Waals surface area (Å²) in [5.74, 6) is -4.25. The van der Waals surface area contributed by atoms with Crippen LogP contribution < -0.4 is 10.6 Å². The lowest BCUT2D eigenvalue weighted by Crippen LogP contribution is -2.55. The first-order valence-electron chi connectivity index (χ1n) is 21.5. The molecule has 0 radical (unpaired) electrons. The average Bonchev–Trinajstić information content (AvgIpc) is 3.82. The van der Waals surface area contributed by atoms with E-state index < -0.39 is 95.3 Å². The second-order valence-corrected chi connectivity index (χ2v) is 17.2. The molecule has 0 spiro atoms. The first kappa shape index (κ1) is 42.0. The van der Waals surface area contributed by atoms with Gasteiger partial charge in [-0.15, -0.1) is 0 Å². The number of aromatic hydroxyl groups is 2. The summed E-state index contributed by atoms with van der Waals surface area (Å²) in [5, 5.41) is 29.3. The fourth-order valence-corrected chi connectivity index (χ4v) is 10.4. The number of phenols is 2. The number of alkyl carbamates (subject to hydrolysis) is 1. The Bertz CT molecular complexity index is 2590. The molecule has 6 aliphatic rings. The van der Waals surface area contributed by atoms with Crippen LogP contribution in [0.2, 0.25) is 0 Å². The van der Waals surface area contributed by atoms with Gasteiger partial charge in [0.2, 0.25) is 5.91 Å². The summed E-state index contributed by atoms with van der Waals surface area (Å²) in [6.45, 7) is 5.78. The van der Waals surface area contributed by atoms with Crippen molar-refractivity contribution in [2.75, 3.05) is 25.6 Å². The molecule has 9 atom stereocenters. The Kier molecular flexibility index (Phi) is 10.6. The van der Waals surface area contributed by atoms with E-state index in [0.717, 1.165) is 22.3 Å². The van der Waals surface area contributed by atoms with Crippen LogP contribution in [-0.2, 0) is 44.4 Å². The zero-order valence-corrected chi connectivity index (χ0v) is 35.5. The number of fused-ring (bicyclic) bond motifs is 9. The van der Waals surface area contributed by atoms with Gasteiger partial charge in [0, 0.05) is 59.9 Å². The van der Waals surface area contributed by atoms with Crippen molar-refractivity contribution in [3.8, 4) is 22.6 Å². The fourth-order valence-electron chi connectivity index (χ4n) is 10.4. The van der Waals surface area contributed by atoms with Gasteiger partial charge < -0.3 is 49.3 Å². The topological polar surface area (TPSA) is 208 Å². The highest BCUT2D eigenvalue weighted by atomic mass is 16.7. The molecule has 4 N–H and O–H groups in total. The van der Waals surface area contributed by atoms with Crippen LogP contribution >= 0.6 is 0 Å². The van der Waals surface area contributed by atoms with Crippen molar-refractivity contribution in [2.45, 2.75) is 95.3 Å². The second-order valence-electron chi connectivity index (χ2n) is 17.2. The SMILES string of the molecule is CO[C@H]1OCCN2[C@@H]1O[C@@H]1[C@H](C)O[C@@H](O[C@H]3C[C@H](C(C)=O)Cc4c(O)c5c(c(O)c43)C(=O)c3c(NC(=O)[C@H](C)NC(=O)OC4c6ccccc6-c6ccccc64)cccc3C5=O)C[C@@H]12. The molecule has 64 heavy (non-hydrogen) atoms. The summed E-state index contributed by atoms with van der Waals surface area (Å²) >= 11 is 0. The highest BCUT2D eigenvalue weighted by Crippen LogP contribution is 2.52. The Labute approximate surface area is 367 Å². The molecule has 10 rings (SSSR count). The third kappa shape index (κ3) is 6.78. The molecule has 3 fully saturated rings. The van der Waals surface area contributed by atoms with E-state index in [2.05, 4.69) is 15.5 Å². The number of rotatable bonds is 8. The number of morpholine rings is 1. The summed E-state index contributed by atoms with van der Waals surface area (Å²) in [5.41, 5.74) is 2.46. The van der Waals surface area contributed by atoms with Gasteiger partial charge in [0.1, 0.15) is 29.4 Å². The maximum Gasteiger partial charge on any atom is 0.408 e. The number of carbonyl (C=O) groups excluding carboxylic acids is 5. The fraction of sp³-hybridized carbons (Fsp3) is 0.396. The van der Waals surface area contributed by atoms with Gasteiger partial charge >= 0.3 is 6.09 Å². The number of amides is 2. The van der Waals surface area contributed by atoms with Gasteiger partial charge in [-0.05, 0) is 50.8 Å². The van der Waals surface area contributed by atoms with Crippen molar-refractivity contribution in [2.24, 2.45) is 5.92 Å². The number of anilines is 1. The van der Waals surface area contributed by atoms with Gasteiger partial charge in [-0.1, -0.05) is 60.7 Å². The molecule has 16 nitrogen and oxygen atoms in total. The van der Waals surface area contributed by atoms with Gasteiger partial charge in [0.25, 0.3) is 0 Å². The van der Waals surface area contributed by atoms with E-state index in [4.69, 9.17) is 28.4 Å². The molecule has 2 amide bonds. The molecule has 4 aromatic carbocycles. The number of methoxy groups -OCH3 is 1. The van der Waals surface area contributed by atoms with Gasteiger partial charge in [0.15, 0.2) is 36.5 Å². The van der Waals surface area contributed by atoms with Crippen molar-refractivity contribution < 1.29 is 62.6 Å². The van der Waals surface area contributed by atoms with Crippen molar-refractivity contribution in [1.29, 1.82) is 0 Å². The van der Waals surface area contributed by atoms with Gasteiger partial charge in [-0.3, -0.25) is 24.1 Å². The third-order valence-electron chi connectivity index (χ3n) is 13.5. The number of Topliss-reactive ketones (excluding diaryl/α,β-unsaturated/α-hetero) is 1. The lowest BCUT2D eigenvalue weighted by atomic mass is 9.73. The quantitative estimate of drug-likeness (QED) is 0.143. The standard InChI is InChI=1S/C48H47N3O13/c1-21(49-48(58)64-44-27-12-7-5-10-25(27)26-11-6-8-13-28(26)44)45(57)50-31-15-9-14-29-35(31)41(55)38-37(39(29)53)40(54)30-18-24(22(2)52)19-33(36(30)42(38)56)62-34-20-32-43(23(3)61-34)63-46-47(59-4)60-17-16-51(32)46/h5-15,21,23-24,32-34,43-44,46-47,54,56H,16-20H2,1-4H3,(H,49,58)(H,50,57)/t21-,23-,24+,32-,33-,34-,43+,46+,47-/m0/s1. The molecule has 0 aromatic heterocycles. The van der Waals surface area contributed by atoms with Gasteiger partial charge in [0.05, 0.1) is 41.2 Å². The van der Waals surface area contributed by atoms with Crippen molar-refractivity contribution in [1.82, 2.24) is 10.2 Å². The number of hydrogen-bond donors (Lipinski definition) is 4. The molecule has 332 valence electrons. The highest BCUT2D eigenvalue weighted by Gasteiger charge is 2.54. The summed E-state index contributed by atoms with van der Waals surface area (Å²) in [6.07, 6.45) is -4.74. The number of benzene rings is 4. The van der Waals surface area contributed by atoms with Crippen LogP contribution in [0.1, 0.15) is 99.9 Å². The Balaban J connectivity index is 0.907. The van der Waals surface area contributed by atoms with Crippen molar-refractivity contribution in [3.63, 3.8) is 0 Å². The summed E-state index contributed by atoms with van der Waals surface area (Å²) < 4.78 is 36.5. The molecule has 3 heterocycles. The zero-order chi connectivity index (χ0) is 44.7. The molecular formula is C48H47N3O13. The lowest BCUT2D eigenvalue weighted by molar-refractivity contribution is -0.254. The Morgan fingerprint density at radius 3 is 2.25 bits per heavy atom. The van der Waals surface area contributed by atoms with E-state index in [1.54, 1.807) is 7.11 Å². The first-order chi connectivity index (χ1) is 30.8. The number of nitrogens with one attached hydrogen (secondary N) is 2. The van der Waals surface area contributed by atoms with Gasteiger partial charge in [-0.2, -0.15) is 0 Å². The zero-order valence-electron chi connectivity index (χ0n) is 35.5. The minimum atomic E-state index is -1.17. The predicted octanol–water partition coefficient (Wildman–Crippen LogP) is 5.44. The van der Waals surface area contributed by atoms with E-state index in [1.165, 1.54) is 32.0 Å². The van der Waals surface area contributed by atoms with E-state index in [1.807, 2.05) is 55.5 Å². The number of nitrogens with zero attached hydrogens (tertiary/aromatic N) is 1. The molecule has 0 bridgehead atoms. The van der Waals surface area contributed by atoms with E-state index >= 15 is 0 Å². The normalized spacial score (nSPS) is 27.2. The first-order valence-corrected chi connectivity index (χ1v) is 21.5. The van der Waals surface area contributed by atoms with Crippen molar-refractivity contribution >= 4 is 35.0 Å².